The molecule has 0 amide bonds. The first-order valence-corrected chi connectivity index (χ1v) is 5.56. The molecule has 0 saturated carbocycles. The molecule has 0 saturated heterocycles. The summed E-state index contributed by atoms with van der Waals surface area (Å²) in [6.45, 7) is 0. The predicted octanol–water partition coefficient (Wildman–Crippen LogP) is 4.24. The van der Waals surface area contributed by atoms with Crippen LogP contribution in [0.5, 0.6) is 0 Å². The lowest BCUT2D eigenvalue weighted by atomic mass is 10.3. The van der Waals surface area contributed by atoms with Gasteiger partial charge in [-0.25, -0.2) is 4.98 Å². The van der Waals surface area contributed by atoms with Crippen LogP contribution >= 0.6 is 27.5 Å². The number of anilines is 2. The molecule has 4 heteroatoms. The van der Waals surface area contributed by atoms with E-state index in [0.29, 0.717) is 5.02 Å². The Kier molecular flexibility index (Phi) is 3.23. The maximum atomic E-state index is 5.75. The Labute approximate surface area is 101 Å². The summed E-state index contributed by atoms with van der Waals surface area (Å²) < 4.78 is 1.00. The Morgan fingerprint density at radius 3 is 2.60 bits per heavy atom. The average molecular weight is 284 g/mol. The van der Waals surface area contributed by atoms with Crippen molar-refractivity contribution in [2.24, 2.45) is 0 Å². The molecule has 0 fully saturated rings. The van der Waals surface area contributed by atoms with Crippen LogP contribution in [0.2, 0.25) is 5.02 Å². The van der Waals surface area contributed by atoms with Crippen LogP contribution in [-0.4, -0.2) is 4.98 Å². The Morgan fingerprint density at radius 1 is 1.13 bits per heavy atom. The standard InChI is InChI=1S/C11H8BrClN2/c12-9-3-1-2-4-10(9)15-11-6-5-8(13)7-14-11/h1-7H,(H,14,15). The lowest BCUT2D eigenvalue weighted by Crippen LogP contribution is -1.93. The molecule has 0 aliphatic heterocycles. The van der Waals surface area contributed by atoms with Crippen molar-refractivity contribution in [1.82, 2.24) is 4.98 Å². The molecular formula is C11H8BrClN2. The monoisotopic (exact) mass is 282 g/mol. The Balaban J connectivity index is 2.22. The first-order chi connectivity index (χ1) is 7.25. The van der Waals surface area contributed by atoms with E-state index in [1.54, 1.807) is 12.3 Å². The van der Waals surface area contributed by atoms with Crippen molar-refractivity contribution in [3.05, 3.63) is 52.1 Å². The highest BCUT2D eigenvalue weighted by Crippen LogP contribution is 2.24. The van der Waals surface area contributed by atoms with E-state index in [1.165, 1.54) is 0 Å². The number of pyridine rings is 1. The molecule has 0 unspecified atom stereocenters. The summed E-state index contributed by atoms with van der Waals surface area (Å²) in [4.78, 5) is 4.15. The van der Waals surface area contributed by atoms with Crippen LogP contribution in [0.3, 0.4) is 0 Å². The topological polar surface area (TPSA) is 24.9 Å². The molecular weight excluding hydrogens is 275 g/mol. The molecule has 1 aromatic carbocycles. The summed E-state index contributed by atoms with van der Waals surface area (Å²) in [5, 5.41) is 3.81. The zero-order valence-electron chi connectivity index (χ0n) is 7.74. The Morgan fingerprint density at radius 2 is 1.93 bits per heavy atom. The van der Waals surface area contributed by atoms with E-state index in [2.05, 4.69) is 26.2 Å². The summed E-state index contributed by atoms with van der Waals surface area (Å²) in [6, 6.07) is 11.5. The first-order valence-electron chi connectivity index (χ1n) is 4.39. The largest absolute Gasteiger partial charge is 0.339 e. The third-order valence-electron chi connectivity index (χ3n) is 1.86. The summed E-state index contributed by atoms with van der Waals surface area (Å²) in [7, 11) is 0. The minimum Gasteiger partial charge on any atom is -0.339 e. The van der Waals surface area contributed by atoms with Crippen molar-refractivity contribution >= 4 is 39.0 Å². The van der Waals surface area contributed by atoms with E-state index in [-0.39, 0.29) is 0 Å². The van der Waals surface area contributed by atoms with Gasteiger partial charge in [-0.3, -0.25) is 0 Å². The number of hydrogen-bond acceptors (Lipinski definition) is 2. The second-order valence-electron chi connectivity index (χ2n) is 2.97. The van der Waals surface area contributed by atoms with E-state index in [1.807, 2.05) is 30.3 Å². The van der Waals surface area contributed by atoms with Gasteiger partial charge in [0.15, 0.2) is 0 Å². The van der Waals surface area contributed by atoms with Crippen LogP contribution in [0.1, 0.15) is 0 Å². The van der Waals surface area contributed by atoms with Crippen molar-refractivity contribution in [1.29, 1.82) is 0 Å². The van der Waals surface area contributed by atoms with Gasteiger partial charge in [-0.15, -0.1) is 0 Å². The third kappa shape index (κ3) is 2.70. The summed E-state index contributed by atoms with van der Waals surface area (Å²) in [6.07, 6.45) is 1.61. The molecule has 0 radical (unpaired) electrons. The fraction of sp³-hybridized carbons (Fsp3) is 0. The number of benzene rings is 1. The van der Waals surface area contributed by atoms with Gasteiger partial charge >= 0.3 is 0 Å². The van der Waals surface area contributed by atoms with E-state index in [0.717, 1.165) is 16.0 Å². The van der Waals surface area contributed by atoms with Crippen LogP contribution in [0.25, 0.3) is 0 Å². The van der Waals surface area contributed by atoms with Gasteiger partial charge in [-0.2, -0.15) is 0 Å². The van der Waals surface area contributed by atoms with Crippen LogP contribution < -0.4 is 5.32 Å². The van der Waals surface area contributed by atoms with Crippen molar-refractivity contribution in [3.63, 3.8) is 0 Å². The zero-order valence-corrected chi connectivity index (χ0v) is 10.1. The highest BCUT2D eigenvalue weighted by molar-refractivity contribution is 9.10. The van der Waals surface area contributed by atoms with E-state index in [4.69, 9.17) is 11.6 Å². The number of rotatable bonds is 2. The van der Waals surface area contributed by atoms with Crippen LogP contribution in [0.15, 0.2) is 47.1 Å². The molecule has 1 aromatic heterocycles. The van der Waals surface area contributed by atoms with Gasteiger partial charge in [-0.05, 0) is 40.2 Å². The number of aromatic nitrogens is 1. The molecule has 0 spiro atoms. The Bertz CT molecular complexity index is 456. The van der Waals surface area contributed by atoms with Crippen molar-refractivity contribution in [2.45, 2.75) is 0 Å². The molecule has 76 valence electrons. The van der Waals surface area contributed by atoms with Gasteiger partial charge in [0.1, 0.15) is 5.82 Å². The van der Waals surface area contributed by atoms with Crippen molar-refractivity contribution in [3.8, 4) is 0 Å². The smallest absolute Gasteiger partial charge is 0.130 e. The molecule has 2 aromatic rings. The molecule has 1 heterocycles. The molecule has 0 atom stereocenters. The molecule has 0 aliphatic rings. The molecule has 0 bridgehead atoms. The van der Waals surface area contributed by atoms with Gasteiger partial charge in [-0.1, -0.05) is 23.7 Å². The number of hydrogen-bond donors (Lipinski definition) is 1. The molecule has 0 aliphatic carbocycles. The maximum Gasteiger partial charge on any atom is 0.130 e. The average Bonchev–Trinajstić information content (AvgIpc) is 2.25. The minimum absolute atomic E-state index is 0.632. The normalized spacial score (nSPS) is 10.0. The highest BCUT2D eigenvalue weighted by atomic mass is 79.9. The molecule has 2 rings (SSSR count). The van der Waals surface area contributed by atoms with E-state index in [9.17, 15) is 0 Å². The van der Waals surface area contributed by atoms with E-state index >= 15 is 0 Å². The van der Waals surface area contributed by atoms with Gasteiger partial charge in [0.2, 0.25) is 0 Å². The van der Waals surface area contributed by atoms with Gasteiger partial charge in [0.25, 0.3) is 0 Å². The van der Waals surface area contributed by atoms with Crippen LogP contribution in [0.4, 0.5) is 11.5 Å². The lowest BCUT2D eigenvalue weighted by molar-refractivity contribution is 1.31. The van der Waals surface area contributed by atoms with Gasteiger partial charge < -0.3 is 5.32 Å². The minimum atomic E-state index is 0.632. The molecule has 2 nitrogen and oxygen atoms in total. The van der Waals surface area contributed by atoms with E-state index < -0.39 is 0 Å². The maximum absolute atomic E-state index is 5.75. The SMILES string of the molecule is Clc1ccc(Nc2ccccc2Br)nc1. The first kappa shape index (κ1) is 10.5. The van der Waals surface area contributed by atoms with Crippen LogP contribution in [-0.2, 0) is 0 Å². The molecule has 15 heavy (non-hydrogen) atoms. The summed E-state index contributed by atoms with van der Waals surface area (Å²) in [5.41, 5.74) is 0.979. The fourth-order valence-electron chi connectivity index (χ4n) is 1.15. The number of nitrogens with one attached hydrogen (secondary N) is 1. The van der Waals surface area contributed by atoms with Crippen molar-refractivity contribution < 1.29 is 0 Å². The summed E-state index contributed by atoms with van der Waals surface area (Å²) in [5.74, 6) is 0.770. The zero-order chi connectivity index (χ0) is 10.7. The number of para-hydroxylation sites is 1. The number of halogens is 2. The second-order valence-corrected chi connectivity index (χ2v) is 4.26. The van der Waals surface area contributed by atoms with Gasteiger partial charge in [0.05, 0.1) is 10.7 Å². The third-order valence-corrected chi connectivity index (χ3v) is 2.78. The van der Waals surface area contributed by atoms with Gasteiger partial charge in [0, 0.05) is 10.7 Å². The second kappa shape index (κ2) is 4.64. The molecule has 1 N–H and O–H groups in total. The van der Waals surface area contributed by atoms with Crippen LogP contribution in [0, 0.1) is 0 Å². The summed E-state index contributed by atoms with van der Waals surface area (Å²) >= 11 is 9.20. The Hall–Kier alpha value is -1.06. The van der Waals surface area contributed by atoms with Crippen molar-refractivity contribution in [2.75, 3.05) is 5.32 Å². The lowest BCUT2D eigenvalue weighted by Gasteiger charge is -2.06. The quantitative estimate of drug-likeness (QED) is 0.891. The fourth-order valence-corrected chi connectivity index (χ4v) is 1.65. The predicted molar refractivity (Wildman–Crippen MR) is 66.7 cm³/mol. The number of nitrogens with zero attached hydrogens (tertiary/aromatic N) is 1. The highest BCUT2D eigenvalue weighted by Gasteiger charge is 1.99.